The van der Waals surface area contributed by atoms with Crippen LogP contribution in [0.4, 0.5) is 5.69 Å². The zero-order chi connectivity index (χ0) is 21.1. The summed E-state index contributed by atoms with van der Waals surface area (Å²) in [5, 5.41) is 3.48. The molecule has 1 aromatic carbocycles. The Labute approximate surface area is 181 Å². The molecule has 6 nitrogen and oxygen atoms in total. The number of hydrogen-bond donors (Lipinski definition) is 2. The quantitative estimate of drug-likeness (QED) is 0.730. The molecule has 0 radical (unpaired) electrons. The summed E-state index contributed by atoms with van der Waals surface area (Å²) < 4.78 is 0. The number of nitrogens with one attached hydrogen (secondary N) is 1. The van der Waals surface area contributed by atoms with Crippen LogP contribution in [0.2, 0.25) is 5.02 Å². The molecular formula is C23H27ClN4O2. The number of halogens is 1. The average molecular weight is 427 g/mol. The molecule has 4 rings (SSSR count). The van der Waals surface area contributed by atoms with Crippen LogP contribution in [-0.4, -0.2) is 33.8 Å². The fourth-order valence-corrected chi connectivity index (χ4v) is 4.20. The van der Waals surface area contributed by atoms with Crippen molar-refractivity contribution in [3.05, 3.63) is 58.9 Å². The highest BCUT2D eigenvalue weighted by Crippen LogP contribution is 2.35. The number of amides is 2. The Hall–Kier alpha value is -2.44. The Morgan fingerprint density at radius 2 is 1.90 bits per heavy atom. The molecule has 7 heteroatoms. The molecule has 2 aromatic rings. The Morgan fingerprint density at radius 1 is 1.13 bits per heavy atom. The van der Waals surface area contributed by atoms with E-state index in [1.807, 2.05) is 11.0 Å². The lowest BCUT2D eigenvalue weighted by Crippen LogP contribution is -2.44. The second kappa shape index (κ2) is 9.14. The van der Waals surface area contributed by atoms with Gasteiger partial charge < -0.3 is 16.0 Å². The third-order valence-electron chi connectivity index (χ3n) is 5.96. The normalized spacial score (nSPS) is 21.1. The summed E-state index contributed by atoms with van der Waals surface area (Å²) in [6.07, 6.45) is 8.81. The minimum atomic E-state index is -0.233. The Balaban J connectivity index is 1.51. The fraction of sp³-hybridized carbons (Fsp3) is 0.435. The Bertz CT molecular complexity index is 909. The van der Waals surface area contributed by atoms with E-state index in [0.29, 0.717) is 22.8 Å². The smallest absolute Gasteiger partial charge is 0.257 e. The number of benzene rings is 1. The number of pyridine rings is 1. The zero-order valence-corrected chi connectivity index (χ0v) is 17.6. The van der Waals surface area contributed by atoms with Gasteiger partial charge in [0, 0.05) is 47.7 Å². The highest BCUT2D eigenvalue weighted by Gasteiger charge is 2.37. The molecule has 3 N–H and O–H groups in total. The maximum absolute atomic E-state index is 13.0. The van der Waals surface area contributed by atoms with Crippen LogP contribution < -0.4 is 11.1 Å². The van der Waals surface area contributed by atoms with Gasteiger partial charge in [-0.3, -0.25) is 14.6 Å². The number of aromatic nitrogens is 1. The van der Waals surface area contributed by atoms with E-state index in [-0.39, 0.29) is 29.8 Å². The van der Waals surface area contributed by atoms with Crippen LogP contribution in [0.5, 0.6) is 0 Å². The zero-order valence-electron chi connectivity index (χ0n) is 16.9. The van der Waals surface area contributed by atoms with Gasteiger partial charge in [-0.05, 0) is 74.4 Å². The minimum Gasteiger partial charge on any atom is -0.335 e. The molecule has 2 amide bonds. The highest BCUT2D eigenvalue weighted by molar-refractivity contribution is 6.31. The molecular weight excluding hydrogens is 400 g/mol. The molecule has 1 aromatic heterocycles. The molecule has 0 spiro atoms. The lowest BCUT2D eigenvalue weighted by molar-refractivity contribution is -0.136. The second-order valence-corrected chi connectivity index (χ2v) is 8.72. The van der Waals surface area contributed by atoms with Crippen molar-refractivity contribution >= 4 is 29.1 Å². The van der Waals surface area contributed by atoms with Crippen molar-refractivity contribution in [1.82, 2.24) is 9.88 Å². The fourth-order valence-electron chi connectivity index (χ4n) is 4.02. The number of carbonyl (C=O) groups is 2. The topological polar surface area (TPSA) is 88.3 Å². The molecule has 2 aliphatic carbocycles. The Kier molecular flexibility index (Phi) is 6.35. The van der Waals surface area contributed by atoms with Gasteiger partial charge in [-0.25, -0.2) is 0 Å². The largest absolute Gasteiger partial charge is 0.335 e. The standard InChI is InChI=1S/C23H27ClN4O2/c24-21-10-7-19(27-22(29)16-2-1-11-26-13-16)12-17(21)14-28(23(30)15-3-4-15)20-8-5-18(25)6-9-20/h1-2,7,10-13,15,18,20H,3-6,8-9,14,25H2,(H,27,29). The van der Waals surface area contributed by atoms with Gasteiger partial charge in [0.1, 0.15) is 0 Å². The molecule has 1 heterocycles. The molecule has 30 heavy (non-hydrogen) atoms. The molecule has 2 fully saturated rings. The van der Waals surface area contributed by atoms with Gasteiger partial charge in [0.15, 0.2) is 0 Å². The van der Waals surface area contributed by atoms with Crippen LogP contribution in [0.3, 0.4) is 0 Å². The van der Waals surface area contributed by atoms with E-state index in [4.69, 9.17) is 17.3 Å². The van der Waals surface area contributed by atoms with Gasteiger partial charge >= 0.3 is 0 Å². The van der Waals surface area contributed by atoms with Gasteiger partial charge in [0.05, 0.1) is 5.56 Å². The second-order valence-electron chi connectivity index (χ2n) is 8.31. The maximum Gasteiger partial charge on any atom is 0.257 e. The van der Waals surface area contributed by atoms with Crippen molar-refractivity contribution in [3.63, 3.8) is 0 Å². The number of nitrogens with zero attached hydrogens (tertiary/aromatic N) is 2. The van der Waals surface area contributed by atoms with Gasteiger partial charge in [-0.1, -0.05) is 11.6 Å². The third-order valence-corrected chi connectivity index (χ3v) is 6.33. The van der Waals surface area contributed by atoms with Gasteiger partial charge in [0.25, 0.3) is 5.91 Å². The van der Waals surface area contributed by atoms with Gasteiger partial charge in [-0.15, -0.1) is 0 Å². The summed E-state index contributed by atoms with van der Waals surface area (Å²) in [4.78, 5) is 31.5. The molecule has 2 aliphatic rings. The number of hydrogen-bond acceptors (Lipinski definition) is 4. The predicted octanol–water partition coefficient (Wildman–Crippen LogP) is 4.00. The van der Waals surface area contributed by atoms with Crippen molar-refractivity contribution < 1.29 is 9.59 Å². The predicted molar refractivity (Wildman–Crippen MR) is 117 cm³/mol. The summed E-state index contributed by atoms with van der Waals surface area (Å²) in [5.74, 6) is 0.132. The molecule has 0 bridgehead atoms. The first kappa shape index (κ1) is 20.8. The van der Waals surface area contributed by atoms with E-state index < -0.39 is 0 Å². The van der Waals surface area contributed by atoms with Crippen molar-refractivity contribution in [2.24, 2.45) is 11.7 Å². The number of rotatable bonds is 6. The summed E-state index contributed by atoms with van der Waals surface area (Å²) in [7, 11) is 0. The van der Waals surface area contributed by atoms with E-state index in [1.165, 1.54) is 6.20 Å². The van der Waals surface area contributed by atoms with E-state index in [2.05, 4.69) is 10.3 Å². The molecule has 0 saturated heterocycles. The van der Waals surface area contributed by atoms with Crippen molar-refractivity contribution in [3.8, 4) is 0 Å². The van der Waals surface area contributed by atoms with E-state index in [9.17, 15) is 9.59 Å². The minimum absolute atomic E-state index is 0.146. The van der Waals surface area contributed by atoms with Crippen LogP contribution >= 0.6 is 11.6 Å². The highest BCUT2D eigenvalue weighted by atomic mass is 35.5. The average Bonchev–Trinajstić information content (AvgIpc) is 3.60. The number of anilines is 1. The molecule has 158 valence electrons. The lowest BCUT2D eigenvalue weighted by atomic mass is 9.90. The van der Waals surface area contributed by atoms with Crippen molar-refractivity contribution in [1.29, 1.82) is 0 Å². The third kappa shape index (κ3) is 4.99. The SMILES string of the molecule is NC1CCC(N(Cc2cc(NC(=O)c3cccnc3)ccc2Cl)C(=O)C2CC2)CC1. The van der Waals surface area contributed by atoms with Crippen LogP contribution in [0, 0.1) is 5.92 Å². The van der Waals surface area contributed by atoms with Crippen molar-refractivity contribution in [2.45, 2.75) is 57.2 Å². The lowest BCUT2D eigenvalue weighted by Gasteiger charge is -2.36. The first-order valence-corrected chi connectivity index (χ1v) is 10.9. The molecule has 2 saturated carbocycles. The maximum atomic E-state index is 13.0. The molecule has 0 unspecified atom stereocenters. The monoisotopic (exact) mass is 426 g/mol. The number of nitrogens with two attached hydrogens (primary N) is 1. The molecule has 0 aliphatic heterocycles. The summed E-state index contributed by atoms with van der Waals surface area (Å²) in [6, 6.07) is 9.26. The Morgan fingerprint density at radius 3 is 2.57 bits per heavy atom. The van der Waals surface area contributed by atoms with E-state index in [1.54, 1.807) is 30.5 Å². The van der Waals surface area contributed by atoms with Gasteiger partial charge in [0.2, 0.25) is 5.91 Å². The summed E-state index contributed by atoms with van der Waals surface area (Å²) >= 11 is 6.48. The summed E-state index contributed by atoms with van der Waals surface area (Å²) in [6.45, 7) is 0.449. The van der Waals surface area contributed by atoms with Crippen LogP contribution in [0.15, 0.2) is 42.7 Å². The van der Waals surface area contributed by atoms with Crippen molar-refractivity contribution in [2.75, 3.05) is 5.32 Å². The first-order valence-electron chi connectivity index (χ1n) is 10.6. The molecule has 0 atom stereocenters. The summed E-state index contributed by atoms with van der Waals surface area (Å²) in [5.41, 5.74) is 8.03. The van der Waals surface area contributed by atoms with Crippen LogP contribution in [0.1, 0.15) is 54.4 Å². The van der Waals surface area contributed by atoms with E-state index >= 15 is 0 Å². The van der Waals surface area contributed by atoms with Crippen LogP contribution in [0.25, 0.3) is 0 Å². The van der Waals surface area contributed by atoms with Gasteiger partial charge in [-0.2, -0.15) is 0 Å². The first-order chi connectivity index (χ1) is 14.5. The van der Waals surface area contributed by atoms with E-state index in [0.717, 1.165) is 44.1 Å². The number of carbonyl (C=O) groups excluding carboxylic acids is 2. The van der Waals surface area contributed by atoms with Crippen LogP contribution in [-0.2, 0) is 11.3 Å².